The molecule has 4 heteroatoms. The van der Waals surface area contributed by atoms with E-state index in [0.717, 1.165) is 10.0 Å². The summed E-state index contributed by atoms with van der Waals surface area (Å²) in [6, 6.07) is 7.90. The number of carbonyl (C=O) groups excluding carboxylic acids is 1. The fourth-order valence-electron chi connectivity index (χ4n) is 1.52. The van der Waals surface area contributed by atoms with Gasteiger partial charge in [-0.25, -0.2) is 0 Å². The van der Waals surface area contributed by atoms with Crippen LogP contribution in [0.4, 0.5) is 0 Å². The SMILES string of the molecule is CC(O)CCC(=O)N(C)Cc1cccc(Br)c1. The number of halogens is 1. The highest BCUT2D eigenvalue weighted by atomic mass is 79.9. The van der Waals surface area contributed by atoms with E-state index in [4.69, 9.17) is 5.11 Å². The van der Waals surface area contributed by atoms with Crippen molar-refractivity contribution in [2.45, 2.75) is 32.4 Å². The summed E-state index contributed by atoms with van der Waals surface area (Å²) in [6.07, 6.45) is 0.488. The van der Waals surface area contributed by atoms with Crippen LogP contribution >= 0.6 is 15.9 Å². The summed E-state index contributed by atoms with van der Waals surface area (Å²) >= 11 is 3.40. The molecule has 1 aromatic carbocycles. The molecule has 0 saturated carbocycles. The van der Waals surface area contributed by atoms with Gasteiger partial charge in [-0.05, 0) is 31.0 Å². The fourth-order valence-corrected chi connectivity index (χ4v) is 1.97. The topological polar surface area (TPSA) is 40.5 Å². The lowest BCUT2D eigenvalue weighted by atomic mass is 10.2. The maximum absolute atomic E-state index is 11.7. The van der Waals surface area contributed by atoms with Gasteiger partial charge in [0.1, 0.15) is 0 Å². The van der Waals surface area contributed by atoms with E-state index in [9.17, 15) is 4.79 Å². The number of aliphatic hydroxyl groups is 1. The van der Waals surface area contributed by atoms with Gasteiger partial charge in [0.2, 0.25) is 5.91 Å². The molecule has 1 unspecified atom stereocenters. The number of aliphatic hydroxyl groups excluding tert-OH is 1. The molecule has 0 saturated heterocycles. The van der Waals surface area contributed by atoms with Gasteiger partial charge in [0.25, 0.3) is 0 Å². The molecule has 1 amide bonds. The van der Waals surface area contributed by atoms with Crippen LogP contribution in [0, 0.1) is 0 Å². The van der Waals surface area contributed by atoms with Crippen LogP contribution in [0.25, 0.3) is 0 Å². The van der Waals surface area contributed by atoms with Crippen molar-refractivity contribution in [2.75, 3.05) is 7.05 Å². The van der Waals surface area contributed by atoms with Gasteiger partial charge in [-0.1, -0.05) is 28.1 Å². The first kappa shape index (κ1) is 14.2. The van der Waals surface area contributed by atoms with Crippen LogP contribution in [0.3, 0.4) is 0 Å². The molecule has 0 aliphatic heterocycles. The quantitative estimate of drug-likeness (QED) is 0.908. The van der Waals surface area contributed by atoms with E-state index in [0.29, 0.717) is 19.4 Å². The first-order chi connectivity index (χ1) is 7.99. The van der Waals surface area contributed by atoms with Crippen molar-refractivity contribution >= 4 is 21.8 Å². The van der Waals surface area contributed by atoms with Gasteiger partial charge < -0.3 is 10.0 Å². The Kier molecular flexibility index (Phi) is 5.65. The van der Waals surface area contributed by atoms with E-state index in [1.807, 2.05) is 24.3 Å². The van der Waals surface area contributed by atoms with Crippen LogP contribution in [0.15, 0.2) is 28.7 Å². The predicted octanol–water partition coefficient (Wildman–Crippen LogP) is 2.57. The number of carbonyl (C=O) groups is 1. The predicted molar refractivity (Wildman–Crippen MR) is 71.5 cm³/mol. The van der Waals surface area contributed by atoms with Crippen LogP contribution in [0.1, 0.15) is 25.3 Å². The van der Waals surface area contributed by atoms with Gasteiger partial charge in [0, 0.05) is 24.5 Å². The third kappa shape index (κ3) is 5.33. The minimum absolute atomic E-state index is 0.0610. The molecule has 0 aromatic heterocycles. The highest BCUT2D eigenvalue weighted by molar-refractivity contribution is 9.10. The van der Waals surface area contributed by atoms with Gasteiger partial charge in [-0.3, -0.25) is 4.79 Å². The number of hydrogen-bond acceptors (Lipinski definition) is 2. The Hall–Kier alpha value is -0.870. The van der Waals surface area contributed by atoms with Crippen molar-refractivity contribution in [3.05, 3.63) is 34.3 Å². The van der Waals surface area contributed by atoms with Gasteiger partial charge in [0.05, 0.1) is 6.10 Å². The molecular formula is C13H18BrNO2. The Morgan fingerprint density at radius 3 is 2.82 bits per heavy atom. The zero-order chi connectivity index (χ0) is 12.8. The summed E-state index contributed by atoms with van der Waals surface area (Å²) in [5.74, 6) is 0.0610. The number of rotatable bonds is 5. The number of nitrogens with zero attached hydrogens (tertiary/aromatic N) is 1. The van der Waals surface area contributed by atoms with Crippen molar-refractivity contribution in [1.29, 1.82) is 0 Å². The average molecular weight is 300 g/mol. The largest absolute Gasteiger partial charge is 0.393 e. The molecule has 3 nitrogen and oxygen atoms in total. The normalized spacial score (nSPS) is 12.2. The lowest BCUT2D eigenvalue weighted by Crippen LogP contribution is -2.26. The maximum Gasteiger partial charge on any atom is 0.222 e. The second-order valence-electron chi connectivity index (χ2n) is 4.27. The van der Waals surface area contributed by atoms with Crippen LogP contribution in [0.5, 0.6) is 0 Å². The highest BCUT2D eigenvalue weighted by Crippen LogP contribution is 2.13. The Morgan fingerprint density at radius 2 is 2.24 bits per heavy atom. The molecule has 0 radical (unpaired) electrons. The van der Waals surface area contributed by atoms with Crippen LogP contribution in [-0.4, -0.2) is 29.1 Å². The molecule has 0 bridgehead atoms. The lowest BCUT2D eigenvalue weighted by Gasteiger charge is -2.17. The smallest absolute Gasteiger partial charge is 0.222 e. The van der Waals surface area contributed by atoms with Crippen molar-refractivity contribution < 1.29 is 9.90 Å². The Morgan fingerprint density at radius 1 is 1.53 bits per heavy atom. The summed E-state index contributed by atoms with van der Waals surface area (Å²) < 4.78 is 1.01. The standard InChI is InChI=1S/C13H18BrNO2/c1-10(16)6-7-13(17)15(2)9-11-4-3-5-12(14)8-11/h3-5,8,10,16H,6-7,9H2,1-2H3. The summed E-state index contributed by atoms with van der Waals surface area (Å²) in [5.41, 5.74) is 1.09. The van der Waals surface area contributed by atoms with Crippen LogP contribution < -0.4 is 0 Å². The second-order valence-corrected chi connectivity index (χ2v) is 5.18. The fraction of sp³-hybridized carbons (Fsp3) is 0.462. The average Bonchev–Trinajstić information content (AvgIpc) is 2.25. The molecule has 0 aliphatic rings. The molecule has 0 fully saturated rings. The number of hydrogen-bond donors (Lipinski definition) is 1. The molecule has 1 atom stereocenters. The van der Waals surface area contributed by atoms with Gasteiger partial charge in [-0.2, -0.15) is 0 Å². The van der Waals surface area contributed by atoms with Crippen LogP contribution in [-0.2, 0) is 11.3 Å². The van der Waals surface area contributed by atoms with E-state index < -0.39 is 6.10 Å². The van der Waals surface area contributed by atoms with Gasteiger partial charge in [0.15, 0.2) is 0 Å². The zero-order valence-electron chi connectivity index (χ0n) is 10.2. The molecule has 0 aliphatic carbocycles. The molecule has 94 valence electrons. The minimum atomic E-state index is -0.418. The van der Waals surface area contributed by atoms with Crippen molar-refractivity contribution in [3.63, 3.8) is 0 Å². The van der Waals surface area contributed by atoms with E-state index in [-0.39, 0.29) is 5.91 Å². The Balaban J connectivity index is 2.48. The van der Waals surface area contributed by atoms with E-state index in [2.05, 4.69) is 15.9 Å². The van der Waals surface area contributed by atoms with Crippen LogP contribution in [0.2, 0.25) is 0 Å². The first-order valence-corrected chi connectivity index (χ1v) is 6.45. The Labute approximate surface area is 111 Å². The molecule has 17 heavy (non-hydrogen) atoms. The summed E-state index contributed by atoms with van der Waals surface area (Å²) in [6.45, 7) is 2.29. The van der Waals surface area contributed by atoms with E-state index >= 15 is 0 Å². The molecular weight excluding hydrogens is 282 g/mol. The Bertz CT molecular complexity index is 379. The molecule has 1 N–H and O–H groups in total. The third-order valence-electron chi connectivity index (χ3n) is 2.51. The summed E-state index contributed by atoms with van der Waals surface area (Å²) in [5, 5.41) is 9.13. The summed E-state index contributed by atoms with van der Waals surface area (Å²) in [7, 11) is 1.78. The monoisotopic (exact) mass is 299 g/mol. The lowest BCUT2D eigenvalue weighted by molar-refractivity contribution is -0.131. The number of amides is 1. The highest BCUT2D eigenvalue weighted by Gasteiger charge is 2.10. The van der Waals surface area contributed by atoms with E-state index in [1.54, 1.807) is 18.9 Å². The minimum Gasteiger partial charge on any atom is -0.393 e. The van der Waals surface area contributed by atoms with Gasteiger partial charge >= 0.3 is 0 Å². The van der Waals surface area contributed by atoms with Crippen molar-refractivity contribution in [1.82, 2.24) is 4.90 Å². The first-order valence-electron chi connectivity index (χ1n) is 5.65. The molecule has 0 heterocycles. The van der Waals surface area contributed by atoms with Crippen molar-refractivity contribution in [2.24, 2.45) is 0 Å². The molecule has 0 spiro atoms. The van der Waals surface area contributed by atoms with Gasteiger partial charge in [-0.15, -0.1) is 0 Å². The third-order valence-corrected chi connectivity index (χ3v) is 3.00. The second kappa shape index (κ2) is 6.77. The zero-order valence-corrected chi connectivity index (χ0v) is 11.8. The van der Waals surface area contributed by atoms with E-state index in [1.165, 1.54) is 0 Å². The maximum atomic E-state index is 11.7. The van der Waals surface area contributed by atoms with Crippen molar-refractivity contribution in [3.8, 4) is 0 Å². The molecule has 1 rings (SSSR count). The summed E-state index contributed by atoms with van der Waals surface area (Å²) in [4.78, 5) is 13.4. The molecule has 1 aromatic rings. The number of benzene rings is 1.